The average Bonchev–Trinajstić information content (AvgIpc) is 2.34. The van der Waals surface area contributed by atoms with Gasteiger partial charge >= 0.3 is 0 Å². The number of hydrogen-bond donors (Lipinski definition) is 1. The molecule has 0 bridgehead atoms. The van der Waals surface area contributed by atoms with Gasteiger partial charge < -0.3 is 5.73 Å². The molecule has 1 aromatic rings. The molecule has 0 aliphatic heterocycles. The molecule has 0 saturated carbocycles. The summed E-state index contributed by atoms with van der Waals surface area (Å²) in [4.78, 5) is 1.25. The molecule has 1 aromatic carbocycles. The number of hydrogen-bond acceptors (Lipinski definition) is 2. The first-order valence-electron chi connectivity index (χ1n) is 6.77. The Morgan fingerprint density at radius 1 is 1.15 bits per heavy atom. The van der Waals surface area contributed by atoms with Gasteiger partial charge in [-0.25, -0.2) is 0 Å². The fourth-order valence-corrected chi connectivity index (χ4v) is 3.04. The second-order valence-electron chi connectivity index (χ2n) is 4.52. The van der Waals surface area contributed by atoms with Crippen LogP contribution < -0.4 is 5.73 Å². The van der Waals surface area contributed by atoms with E-state index in [0.717, 1.165) is 6.42 Å². The SMILES string of the molecule is CCCCc1cccc(SC(N)=S)c1CCCC.S.[Zn]. The second kappa shape index (κ2) is 13.1. The molecule has 0 spiro atoms. The fourth-order valence-electron chi connectivity index (χ4n) is 2.05. The molecule has 110 valence electrons. The van der Waals surface area contributed by atoms with E-state index in [2.05, 4.69) is 32.0 Å². The standard InChI is InChI=1S/C15H23NS2.H2S.Zn/c1-3-5-8-12-9-7-11-14(18-15(16)17)13(12)10-6-4-2;;/h7,9,11H,3-6,8,10H2,1-2H3,(H2,16,17);1H2;. The van der Waals surface area contributed by atoms with Gasteiger partial charge in [-0.05, 0) is 42.9 Å². The van der Waals surface area contributed by atoms with Gasteiger partial charge in [-0.1, -0.05) is 62.8 Å². The van der Waals surface area contributed by atoms with Crippen LogP contribution in [0, 0.1) is 0 Å². The first kappa shape index (κ1) is 22.7. The monoisotopic (exact) mass is 379 g/mol. The number of benzene rings is 1. The summed E-state index contributed by atoms with van der Waals surface area (Å²) in [6.07, 6.45) is 7.25. The van der Waals surface area contributed by atoms with Crippen molar-refractivity contribution in [1.82, 2.24) is 0 Å². The third kappa shape index (κ3) is 8.02. The van der Waals surface area contributed by atoms with Gasteiger partial charge in [0.25, 0.3) is 0 Å². The quantitative estimate of drug-likeness (QED) is 0.417. The molecule has 0 fully saturated rings. The Morgan fingerprint density at radius 3 is 2.30 bits per heavy atom. The molecule has 0 amide bonds. The predicted molar refractivity (Wildman–Crippen MR) is 96.7 cm³/mol. The Labute approximate surface area is 153 Å². The molecule has 20 heavy (non-hydrogen) atoms. The number of thioether (sulfide) groups is 1. The Hall–Kier alpha value is 0.433. The molecule has 0 aliphatic rings. The van der Waals surface area contributed by atoms with Crippen LogP contribution in [-0.2, 0) is 32.3 Å². The van der Waals surface area contributed by atoms with Crippen molar-refractivity contribution < 1.29 is 19.5 Å². The largest absolute Gasteiger partial charge is 0.384 e. The molecule has 1 rings (SSSR count). The van der Waals surface area contributed by atoms with E-state index < -0.39 is 0 Å². The minimum absolute atomic E-state index is 0. The third-order valence-corrected chi connectivity index (χ3v) is 4.07. The van der Waals surface area contributed by atoms with Crippen LogP contribution in [-0.4, -0.2) is 4.32 Å². The molecule has 0 saturated heterocycles. The van der Waals surface area contributed by atoms with Gasteiger partial charge in [0.05, 0.1) is 0 Å². The summed E-state index contributed by atoms with van der Waals surface area (Å²) in [6, 6.07) is 6.52. The third-order valence-electron chi connectivity index (χ3n) is 3.02. The van der Waals surface area contributed by atoms with Crippen molar-refractivity contribution in [3.8, 4) is 0 Å². The topological polar surface area (TPSA) is 26.0 Å². The van der Waals surface area contributed by atoms with Crippen LogP contribution in [0.1, 0.15) is 50.7 Å². The first-order chi connectivity index (χ1) is 8.69. The summed E-state index contributed by atoms with van der Waals surface area (Å²) in [7, 11) is 0. The summed E-state index contributed by atoms with van der Waals surface area (Å²) in [5, 5.41) is 0. The molecule has 0 atom stereocenters. The van der Waals surface area contributed by atoms with E-state index >= 15 is 0 Å². The molecule has 0 aromatic heterocycles. The molecular weight excluding hydrogens is 356 g/mol. The molecular formula is C15H25NS3Zn. The maximum Gasteiger partial charge on any atom is 0.136 e. The van der Waals surface area contributed by atoms with Gasteiger partial charge in [-0.3, -0.25) is 0 Å². The van der Waals surface area contributed by atoms with E-state index in [1.807, 2.05) is 0 Å². The zero-order valence-electron chi connectivity index (χ0n) is 12.6. The van der Waals surface area contributed by atoms with Crippen LogP contribution in [0.5, 0.6) is 0 Å². The van der Waals surface area contributed by atoms with Crippen LogP contribution in [0.3, 0.4) is 0 Å². The first-order valence-corrected chi connectivity index (χ1v) is 7.99. The molecule has 1 nitrogen and oxygen atoms in total. The molecule has 2 N–H and O–H groups in total. The van der Waals surface area contributed by atoms with Crippen molar-refractivity contribution in [3.63, 3.8) is 0 Å². The minimum atomic E-state index is 0. The summed E-state index contributed by atoms with van der Waals surface area (Å²) in [5.41, 5.74) is 8.61. The van der Waals surface area contributed by atoms with E-state index in [-0.39, 0.29) is 33.0 Å². The maximum atomic E-state index is 5.67. The van der Waals surface area contributed by atoms with Crippen molar-refractivity contribution in [2.24, 2.45) is 5.73 Å². The number of rotatable bonds is 7. The predicted octanol–water partition coefficient (Wildman–Crippen LogP) is 4.82. The van der Waals surface area contributed by atoms with E-state index in [4.69, 9.17) is 18.0 Å². The molecule has 0 unspecified atom stereocenters. The number of nitrogens with two attached hydrogens (primary N) is 1. The minimum Gasteiger partial charge on any atom is -0.384 e. The number of unbranched alkanes of at least 4 members (excludes halogenated alkanes) is 2. The van der Waals surface area contributed by atoms with Crippen LogP contribution in [0.4, 0.5) is 0 Å². The van der Waals surface area contributed by atoms with Crippen LogP contribution in [0.2, 0.25) is 0 Å². The van der Waals surface area contributed by atoms with Gasteiger partial charge in [-0.2, -0.15) is 13.5 Å². The van der Waals surface area contributed by atoms with Crippen LogP contribution >= 0.6 is 37.5 Å². The van der Waals surface area contributed by atoms with Crippen LogP contribution in [0.25, 0.3) is 0 Å². The number of aryl methyl sites for hydroxylation is 1. The van der Waals surface area contributed by atoms with Gasteiger partial charge in [0, 0.05) is 24.4 Å². The molecule has 5 heteroatoms. The number of thiocarbonyl (C=S) groups is 1. The summed E-state index contributed by atoms with van der Waals surface area (Å²) < 4.78 is 0.514. The second-order valence-corrected chi connectivity index (χ2v) is 6.30. The maximum absolute atomic E-state index is 5.67. The van der Waals surface area contributed by atoms with E-state index in [1.165, 1.54) is 59.9 Å². The zero-order chi connectivity index (χ0) is 13.4. The average molecular weight is 381 g/mol. The Morgan fingerprint density at radius 2 is 1.75 bits per heavy atom. The normalized spacial score (nSPS) is 9.50. The summed E-state index contributed by atoms with van der Waals surface area (Å²) >= 11 is 6.55. The van der Waals surface area contributed by atoms with Crippen molar-refractivity contribution in [3.05, 3.63) is 29.3 Å². The van der Waals surface area contributed by atoms with E-state index in [0.29, 0.717) is 4.32 Å². The molecule has 0 aliphatic carbocycles. The molecule has 0 heterocycles. The van der Waals surface area contributed by atoms with E-state index in [9.17, 15) is 0 Å². The van der Waals surface area contributed by atoms with Gasteiger partial charge in [0.15, 0.2) is 0 Å². The van der Waals surface area contributed by atoms with Crippen molar-refractivity contribution in [1.29, 1.82) is 0 Å². The smallest absolute Gasteiger partial charge is 0.136 e. The van der Waals surface area contributed by atoms with E-state index in [1.54, 1.807) is 0 Å². The Kier molecular flexibility index (Phi) is 14.9. The zero-order valence-corrected chi connectivity index (χ0v) is 18.2. The van der Waals surface area contributed by atoms with Crippen molar-refractivity contribution in [2.45, 2.75) is 57.3 Å². The fraction of sp³-hybridized carbons (Fsp3) is 0.533. The Bertz CT molecular complexity index is 397. The summed E-state index contributed by atoms with van der Waals surface area (Å²) in [6.45, 7) is 4.47. The van der Waals surface area contributed by atoms with Gasteiger partial charge in [0.1, 0.15) is 4.32 Å². The summed E-state index contributed by atoms with van der Waals surface area (Å²) in [5.74, 6) is 0. The van der Waals surface area contributed by atoms with Crippen molar-refractivity contribution >= 4 is 41.8 Å². The Balaban J connectivity index is 0. The van der Waals surface area contributed by atoms with Crippen LogP contribution in [0.15, 0.2) is 23.1 Å². The van der Waals surface area contributed by atoms with Crippen molar-refractivity contribution in [2.75, 3.05) is 0 Å². The van der Waals surface area contributed by atoms with Gasteiger partial charge in [0.2, 0.25) is 0 Å². The van der Waals surface area contributed by atoms with Gasteiger partial charge in [-0.15, -0.1) is 0 Å². The molecule has 0 radical (unpaired) electrons.